The monoisotopic (exact) mass is 211 g/mol. The minimum Gasteiger partial charge on any atom is -0.383 e. The van der Waals surface area contributed by atoms with E-state index in [1.807, 2.05) is 0 Å². The Morgan fingerprint density at radius 3 is 2.36 bits per heavy atom. The predicted octanol–water partition coefficient (Wildman–Crippen LogP) is 1.41. The molecule has 1 atom stereocenters. The van der Waals surface area contributed by atoms with Crippen LogP contribution < -0.4 is 5.73 Å². The number of hydrogen-bond donors (Lipinski definition) is 2. The molecule has 3 N–H and O–H groups in total. The predicted molar refractivity (Wildman–Crippen MR) is 54.7 cm³/mol. The maximum atomic E-state index is 10.7. The number of hydrogen-bond acceptors (Lipinski definition) is 2. The number of nitrogens with two attached hydrogens (primary N) is 1. The van der Waals surface area contributed by atoms with Crippen molar-refractivity contribution in [1.82, 2.24) is 0 Å². The molecule has 0 saturated heterocycles. The Bertz CT molecular complexity index is 359. The van der Waals surface area contributed by atoms with Crippen molar-refractivity contribution in [2.24, 2.45) is 5.73 Å². The number of aliphatic hydroxyl groups excluding tert-OH is 1. The highest BCUT2D eigenvalue weighted by Crippen LogP contribution is 2.21. The molecular formula is C10H10ClNO2. The lowest BCUT2D eigenvalue weighted by Gasteiger charge is -2.10. The van der Waals surface area contributed by atoms with Crippen LogP contribution in [0.5, 0.6) is 0 Å². The first kappa shape index (κ1) is 10.8. The van der Waals surface area contributed by atoms with Gasteiger partial charge in [-0.3, -0.25) is 4.79 Å². The molecule has 14 heavy (non-hydrogen) atoms. The van der Waals surface area contributed by atoms with Crippen LogP contribution in [0.2, 0.25) is 5.02 Å². The molecule has 0 radical (unpaired) electrons. The number of rotatable bonds is 3. The highest BCUT2D eigenvalue weighted by molar-refractivity contribution is 6.30. The number of aliphatic hydroxyl groups is 1. The maximum absolute atomic E-state index is 10.7. The molecule has 0 spiro atoms. The highest BCUT2D eigenvalue weighted by atomic mass is 35.5. The Kier molecular flexibility index (Phi) is 3.28. The molecule has 1 unspecified atom stereocenters. The van der Waals surface area contributed by atoms with E-state index >= 15 is 0 Å². The van der Waals surface area contributed by atoms with Gasteiger partial charge in [0.2, 0.25) is 5.91 Å². The summed E-state index contributed by atoms with van der Waals surface area (Å²) in [5, 5.41) is 10.2. The van der Waals surface area contributed by atoms with Gasteiger partial charge in [0.05, 0.1) is 0 Å². The number of halogens is 1. The van der Waals surface area contributed by atoms with Gasteiger partial charge in [0.15, 0.2) is 0 Å². The van der Waals surface area contributed by atoms with Crippen molar-refractivity contribution in [2.45, 2.75) is 6.10 Å². The molecule has 0 aliphatic heterocycles. The van der Waals surface area contributed by atoms with Crippen LogP contribution in [0.4, 0.5) is 0 Å². The summed E-state index contributed by atoms with van der Waals surface area (Å²) in [6.45, 7) is 3.40. The third kappa shape index (κ3) is 2.34. The molecule has 1 aromatic carbocycles. The summed E-state index contributed by atoms with van der Waals surface area (Å²) in [6, 6.07) is 6.46. The van der Waals surface area contributed by atoms with Crippen molar-refractivity contribution in [3.63, 3.8) is 0 Å². The van der Waals surface area contributed by atoms with Crippen molar-refractivity contribution >= 4 is 17.5 Å². The molecule has 0 saturated carbocycles. The van der Waals surface area contributed by atoms with Crippen LogP contribution in [0, 0.1) is 0 Å². The van der Waals surface area contributed by atoms with Crippen LogP contribution in [0.25, 0.3) is 0 Å². The van der Waals surface area contributed by atoms with E-state index in [2.05, 4.69) is 6.58 Å². The van der Waals surface area contributed by atoms with E-state index in [4.69, 9.17) is 17.3 Å². The second kappa shape index (κ2) is 4.26. The molecule has 0 heterocycles. The molecule has 0 aliphatic rings. The minimum atomic E-state index is -1.07. The number of amides is 1. The molecule has 4 heteroatoms. The zero-order chi connectivity index (χ0) is 10.7. The Balaban J connectivity index is 2.89. The summed E-state index contributed by atoms with van der Waals surface area (Å²) < 4.78 is 0. The van der Waals surface area contributed by atoms with Crippen molar-refractivity contribution < 1.29 is 9.90 Å². The molecule has 1 rings (SSSR count). The van der Waals surface area contributed by atoms with Gasteiger partial charge in [-0.1, -0.05) is 30.3 Å². The third-order valence-corrected chi connectivity index (χ3v) is 2.08. The first-order valence-electron chi connectivity index (χ1n) is 3.94. The van der Waals surface area contributed by atoms with Gasteiger partial charge in [-0.05, 0) is 17.7 Å². The molecule has 0 bridgehead atoms. The molecular weight excluding hydrogens is 202 g/mol. The Labute approximate surface area is 86.8 Å². The topological polar surface area (TPSA) is 63.3 Å². The smallest absolute Gasteiger partial charge is 0.247 e. The van der Waals surface area contributed by atoms with Crippen molar-refractivity contribution in [1.29, 1.82) is 0 Å². The average molecular weight is 212 g/mol. The summed E-state index contributed by atoms with van der Waals surface area (Å²) >= 11 is 5.66. The third-order valence-electron chi connectivity index (χ3n) is 1.83. The van der Waals surface area contributed by atoms with Crippen LogP contribution in [-0.4, -0.2) is 11.0 Å². The zero-order valence-electron chi connectivity index (χ0n) is 7.40. The maximum Gasteiger partial charge on any atom is 0.247 e. The lowest BCUT2D eigenvalue weighted by atomic mass is 10.0. The van der Waals surface area contributed by atoms with Crippen molar-refractivity contribution in [2.75, 3.05) is 0 Å². The minimum absolute atomic E-state index is 0.0349. The highest BCUT2D eigenvalue weighted by Gasteiger charge is 2.15. The van der Waals surface area contributed by atoms with Gasteiger partial charge in [-0.2, -0.15) is 0 Å². The molecule has 1 amide bonds. The van der Waals surface area contributed by atoms with Crippen LogP contribution in [0.15, 0.2) is 36.4 Å². The van der Waals surface area contributed by atoms with Crippen LogP contribution in [-0.2, 0) is 4.79 Å². The Morgan fingerprint density at radius 1 is 1.43 bits per heavy atom. The second-order valence-corrected chi connectivity index (χ2v) is 3.28. The van der Waals surface area contributed by atoms with Gasteiger partial charge in [-0.15, -0.1) is 0 Å². The van der Waals surface area contributed by atoms with E-state index in [1.54, 1.807) is 24.3 Å². The lowest BCUT2D eigenvalue weighted by Crippen LogP contribution is -2.18. The fraction of sp³-hybridized carbons (Fsp3) is 0.100. The number of benzene rings is 1. The fourth-order valence-electron chi connectivity index (χ4n) is 0.981. The van der Waals surface area contributed by atoms with Gasteiger partial charge in [0.25, 0.3) is 0 Å². The summed E-state index contributed by atoms with van der Waals surface area (Å²) in [7, 11) is 0. The summed E-state index contributed by atoms with van der Waals surface area (Å²) in [6.07, 6.45) is -1.07. The summed E-state index contributed by atoms with van der Waals surface area (Å²) in [4.78, 5) is 10.7. The number of carbonyl (C=O) groups excluding carboxylic acids is 1. The standard InChI is InChI=1S/C10H10ClNO2/c1-6(10(12)14)9(13)7-2-4-8(11)5-3-7/h2-5,9,13H,1H2,(H2,12,14). The second-order valence-electron chi connectivity index (χ2n) is 2.84. The molecule has 1 aromatic rings. The number of primary amides is 1. The Morgan fingerprint density at radius 2 is 1.93 bits per heavy atom. The fourth-order valence-corrected chi connectivity index (χ4v) is 1.11. The van der Waals surface area contributed by atoms with E-state index in [-0.39, 0.29) is 5.57 Å². The lowest BCUT2D eigenvalue weighted by molar-refractivity contribution is -0.115. The van der Waals surface area contributed by atoms with Crippen LogP contribution in [0.1, 0.15) is 11.7 Å². The van der Waals surface area contributed by atoms with E-state index in [0.29, 0.717) is 10.6 Å². The Hall–Kier alpha value is -1.32. The first-order valence-corrected chi connectivity index (χ1v) is 4.32. The van der Waals surface area contributed by atoms with E-state index < -0.39 is 12.0 Å². The summed E-state index contributed by atoms with van der Waals surface area (Å²) in [5.41, 5.74) is 5.48. The van der Waals surface area contributed by atoms with Gasteiger partial charge in [0, 0.05) is 10.6 Å². The summed E-state index contributed by atoms with van der Waals surface area (Å²) in [5.74, 6) is -0.715. The van der Waals surface area contributed by atoms with E-state index in [0.717, 1.165) is 0 Å². The van der Waals surface area contributed by atoms with Crippen molar-refractivity contribution in [3.05, 3.63) is 47.0 Å². The van der Waals surface area contributed by atoms with Gasteiger partial charge in [0.1, 0.15) is 6.10 Å². The SMILES string of the molecule is C=C(C(N)=O)C(O)c1ccc(Cl)cc1. The zero-order valence-corrected chi connectivity index (χ0v) is 8.16. The molecule has 0 aliphatic carbocycles. The van der Waals surface area contributed by atoms with E-state index in [1.165, 1.54) is 0 Å². The number of carbonyl (C=O) groups is 1. The average Bonchev–Trinajstić information content (AvgIpc) is 2.16. The van der Waals surface area contributed by atoms with Crippen LogP contribution >= 0.6 is 11.6 Å². The van der Waals surface area contributed by atoms with Gasteiger partial charge >= 0.3 is 0 Å². The largest absolute Gasteiger partial charge is 0.383 e. The molecule has 0 aromatic heterocycles. The van der Waals surface area contributed by atoms with Crippen molar-refractivity contribution in [3.8, 4) is 0 Å². The molecule has 74 valence electrons. The van der Waals surface area contributed by atoms with Crippen LogP contribution in [0.3, 0.4) is 0 Å². The van der Waals surface area contributed by atoms with E-state index in [9.17, 15) is 9.90 Å². The molecule has 3 nitrogen and oxygen atoms in total. The van der Waals surface area contributed by atoms with Gasteiger partial charge in [-0.25, -0.2) is 0 Å². The van der Waals surface area contributed by atoms with Gasteiger partial charge < -0.3 is 10.8 Å². The normalized spacial score (nSPS) is 12.1. The quantitative estimate of drug-likeness (QED) is 0.743. The molecule has 0 fully saturated rings. The first-order chi connectivity index (χ1) is 6.52.